The Hall–Kier alpha value is -7.10. The Morgan fingerprint density at radius 2 is 0.932 bits per heavy atom. The van der Waals surface area contributed by atoms with Gasteiger partial charge in [0.2, 0.25) is 0 Å². The van der Waals surface area contributed by atoms with Crippen molar-refractivity contribution in [2.45, 2.75) is 5.41 Å². The third-order valence-corrected chi connectivity index (χ3v) is 14.9. The van der Waals surface area contributed by atoms with Crippen molar-refractivity contribution < 1.29 is 8.83 Å². The minimum atomic E-state index is -0.632. The number of anilines is 3. The molecule has 11 aromatic rings. The van der Waals surface area contributed by atoms with Crippen LogP contribution in [0, 0.1) is 0 Å². The Bertz CT molecular complexity index is 3430. The predicted molar refractivity (Wildman–Crippen MR) is 243 cm³/mol. The number of benzene rings is 9. The van der Waals surface area contributed by atoms with Gasteiger partial charge in [0, 0.05) is 0 Å². The summed E-state index contributed by atoms with van der Waals surface area (Å²) in [7, 11) is 0. The minimum Gasteiger partial charge on any atom is -0.0617 e. The SMILES string of the molecule is c1ccc(-c2ccc(N(c3ccccc3)c3cc4c(c5oc6ccccc6c35)-c3c(ccc5c3oc3ccccc35)C43c4ccccc4[Se]c4ccccc43)cc2)cc1. The van der Waals surface area contributed by atoms with E-state index < -0.39 is 5.41 Å². The van der Waals surface area contributed by atoms with E-state index in [4.69, 9.17) is 8.83 Å². The normalized spacial score (nSPS) is 13.5. The van der Waals surface area contributed by atoms with Gasteiger partial charge in [-0.25, -0.2) is 0 Å². The largest absolute Gasteiger partial charge is 0.0617 e. The first-order valence-electron chi connectivity index (χ1n) is 20.1. The summed E-state index contributed by atoms with van der Waals surface area (Å²) in [5.74, 6) is 0. The van der Waals surface area contributed by atoms with E-state index in [1.165, 1.54) is 42.3 Å². The number of furan rings is 2. The van der Waals surface area contributed by atoms with Gasteiger partial charge in [-0.15, -0.1) is 0 Å². The zero-order valence-corrected chi connectivity index (χ0v) is 33.4. The Labute approximate surface area is 346 Å². The van der Waals surface area contributed by atoms with E-state index in [2.05, 4.69) is 205 Å². The molecule has 0 saturated carbocycles. The summed E-state index contributed by atoms with van der Waals surface area (Å²) in [5.41, 5.74) is 15.8. The molecule has 0 N–H and O–H groups in total. The molecule has 2 aliphatic rings. The number of hydrogen-bond donors (Lipinski definition) is 0. The zero-order valence-electron chi connectivity index (χ0n) is 31.7. The van der Waals surface area contributed by atoms with Crippen molar-refractivity contribution >= 4 is 84.8 Å². The summed E-state index contributed by atoms with van der Waals surface area (Å²) < 4.78 is 17.0. The fraction of sp³-hybridized carbons (Fsp3) is 0.0182. The fourth-order valence-corrected chi connectivity index (χ4v) is 12.6. The third kappa shape index (κ3) is 4.53. The molecule has 3 heterocycles. The molecule has 0 atom stereocenters. The minimum absolute atomic E-state index is 0.133. The zero-order chi connectivity index (χ0) is 38.7. The van der Waals surface area contributed by atoms with Gasteiger partial charge in [0.15, 0.2) is 0 Å². The van der Waals surface area contributed by atoms with Gasteiger partial charge in [0.05, 0.1) is 0 Å². The van der Waals surface area contributed by atoms with Crippen LogP contribution >= 0.6 is 0 Å². The molecular weight excluding hydrogens is 786 g/mol. The van der Waals surface area contributed by atoms with Gasteiger partial charge < -0.3 is 0 Å². The van der Waals surface area contributed by atoms with E-state index in [0.29, 0.717) is 0 Å². The van der Waals surface area contributed by atoms with Crippen LogP contribution in [0.3, 0.4) is 0 Å². The summed E-state index contributed by atoms with van der Waals surface area (Å²) in [6, 6.07) is 72.7. The van der Waals surface area contributed by atoms with E-state index in [9.17, 15) is 0 Å². The molecule has 0 unspecified atom stereocenters. The number of fused-ring (bicyclic) bond motifs is 17. The van der Waals surface area contributed by atoms with Crippen LogP contribution in [0.1, 0.15) is 22.3 Å². The summed E-state index contributed by atoms with van der Waals surface area (Å²) in [4.78, 5) is 2.43. The van der Waals surface area contributed by atoms with Crippen LogP contribution in [0.15, 0.2) is 209 Å². The van der Waals surface area contributed by atoms with Crippen molar-refractivity contribution in [3.05, 3.63) is 222 Å². The van der Waals surface area contributed by atoms with Crippen LogP contribution in [-0.4, -0.2) is 15.0 Å². The molecule has 276 valence electrons. The molecule has 0 bridgehead atoms. The van der Waals surface area contributed by atoms with Crippen molar-refractivity contribution in [1.82, 2.24) is 0 Å². The molecule has 1 spiro atoms. The third-order valence-electron chi connectivity index (χ3n) is 12.5. The van der Waals surface area contributed by atoms with E-state index in [1.807, 2.05) is 0 Å². The second kappa shape index (κ2) is 12.4. The average molecular weight is 819 g/mol. The molecule has 13 rings (SSSR count). The molecular formula is C55H33NO2Se. The fourth-order valence-electron chi connectivity index (χ4n) is 10.1. The Balaban J connectivity index is 1.21. The van der Waals surface area contributed by atoms with Crippen molar-refractivity contribution in [2.24, 2.45) is 0 Å². The van der Waals surface area contributed by atoms with E-state index in [1.54, 1.807) is 0 Å². The van der Waals surface area contributed by atoms with Gasteiger partial charge >= 0.3 is 318 Å². The summed E-state index contributed by atoms with van der Waals surface area (Å²) in [6.07, 6.45) is 0. The Kier molecular flexibility index (Phi) is 6.95. The maximum atomic E-state index is 7.26. The summed E-state index contributed by atoms with van der Waals surface area (Å²) in [6.45, 7) is 0. The number of nitrogens with zero attached hydrogens (tertiary/aromatic N) is 1. The molecule has 0 saturated heterocycles. The van der Waals surface area contributed by atoms with Crippen molar-refractivity contribution in [2.75, 3.05) is 4.90 Å². The first kappa shape index (κ1) is 32.9. The van der Waals surface area contributed by atoms with Crippen molar-refractivity contribution in [1.29, 1.82) is 0 Å². The van der Waals surface area contributed by atoms with E-state index >= 15 is 0 Å². The van der Waals surface area contributed by atoms with Crippen molar-refractivity contribution in [3.8, 4) is 22.3 Å². The van der Waals surface area contributed by atoms with Crippen LogP contribution in [0.2, 0.25) is 0 Å². The number of para-hydroxylation sites is 3. The van der Waals surface area contributed by atoms with Crippen molar-refractivity contribution in [3.63, 3.8) is 0 Å². The topological polar surface area (TPSA) is 29.5 Å². The smallest absolute Gasteiger partial charge is 0.0544 e. The quantitative estimate of drug-likeness (QED) is 0.166. The van der Waals surface area contributed by atoms with Crippen LogP contribution in [0.4, 0.5) is 17.1 Å². The predicted octanol–water partition coefficient (Wildman–Crippen LogP) is 13.0. The maximum absolute atomic E-state index is 7.26. The van der Waals surface area contributed by atoms with Crippen LogP contribution < -0.4 is 13.8 Å². The van der Waals surface area contributed by atoms with E-state index in [0.717, 1.165) is 72.1 Å². The first-order valence-corrected chi connectivity index (χ1v) is 21.8. The molecule has 0 fully saturated rings. The second-order valence-electron chi connectivity index (χ2n) is 15.5. The number of rotatable bonds is 4. The maximum Gasteiger partial charge on any atom is -0.0544 e. The molecule has 0 radical (unpaired) electrons. The van der Waals surface area contributed by atoms with Gasteiger partial charge in [0.25, 0.3) is 0 Å². The second-order valence-corrected chi connectivity index (χ2v) is 17.8. The average Bonchev–Trinajstić information content (AvgIpc) is 3.97. The molecule has 59 heavy (non-hydrogen) atoms. The standard InChI is InChI=1S/C55H33NO2Se/c1-3-15-34(16-4-1)35-27-29-37(30-28-35)56(36-17-5-2-6-18-36)45-33-44-52(54-50(45)40-20-8-12-24-47(40)58-54)51-43(32-31-39-38-19-7-11-23-46(38)57-53(39)51)55(44)41-21-9-13-25-48(41)59-49-26-14-10-22-42(49)55/h1-33H. The molecule has 2 aromatic heterocycles. The Morgan fingerprint density at radius 3 is 1.66 bits per heavy atom. The molecule has 9 aromatic carbocycles. The summed E-state index contributed by atoms with van der Waals surface area (Å²) >= 11 is 0.133. The van der Waals surface area contributed by atoms with Gasteiger partial charge in [-0.05, 0) is 0 Å². The first-order chi connectivity index (χ1) is 29.3. The Morgan fingerprint density at radius 1 is 0.390 bits per heavy atom. The summed E-state index contributed by atoms with van der Waals surface area (Å²) in [5, 5.41) is 4.39. The molecule has 1 aliphatic heterocycles. The van der Waals surface area contributed by atoms with Crippen LogP contribution in [0.25, 0.3) is 66.1 Å². The van der Waals surface area contributed by atoms with Crippen LogP contribution in [-0.2, 0) is 5.41 Å². The van der Waals surface area contributed by atoms with Gasteiger partial charge in [-0.1, -0.05) is 30.3 Å². The van der Waals surface area contributed by atoms with Gasteiger partial charge in [-0.2, -0.15) is 0 Å². The molecule has 1 aliphatic carbocycles. The molecule has 4 heteroatoms. The molecule has 3 nitrogen and oxygen atoms in total. The van der Waals surface area contributed by atoms with Gasteiger partial charge in [0.1, 0.15) is 0 Å². The molecule has 0 amide bonds. The van der Waals surface area contributed by atoms with E-state index in [-0.39, 0.29) is 15.0 Å². The van der Waals surface area contributed by atoms with Gasteiger partial charge in [-0.3, -0.25) is 0 Å². The monoisotopic (exact) mass is 819 g/mol. The van der Waals surface area contributed by atoms with Crippen LogP contribution in [0.5, 0.6) is 0 Å². The number of hydrogen-bond acceptors (Lipinski definition) is 3.